The van der Waals surface area contributed by atoms with Crippen molar-refractivity contribution in [3.05, 3.63) is 94.0 Å². The molecule has 4 aliphatic rings. The fraction of sp³-hybridized carbons (Fsp3) is 0.368. The van der Waals surface area contributed by atoms with Crippen molar-refractivity contribution in [2.24, 2.45) is 0 Å². The van der Waals surface area contributed by atoms with Crippen molar-refractivity contribution in [3.63, 3.8) is 0 Å². The third-order valence-electron chi connectivity index (χ3n) is 9.85. The maximum absolute atomic E-state index is 7.03. The van der Waals surface area contributed by atoms with Crippen LogP contribution in [0.25, 0.3) is 0 Å². The van der Waals surface area contributed by atoms with Crippen molar-refractivity contribution in [2.45, 2.75) is 37.8 Å². The first-order valence-corrected chi connectivity index (χ1v) is 15.9. The van der Waals surface area contributed by atoms with Crippen LogP contribution in [0.1, 0.15) is 45.5 Å². The lowest BCUT2D eigenvalue weighted by Crippen LogP contribution is -2.34. The third kappa shape index (κ3) is 6.47. The molecule has 4 aromatic rings. The number of fused-ring (bicyclic) bond motifs is 2. The van der Waals surface area contributed by atoms with E-state index in [0.717, 1.165) is 55.6 Å². The van der Waals surface area contributed by atoms with Gasteiger partial charge in [-0.15, -0.1) is 24.8 Å². The predicted octanol–water partition coefficient (Wildman–Crippen LogP) is 8.01. The van der Waals surface area contributed by atoms with Crippen LogP contribution in [0.15, 0.2) is 60.7 Å². The second-order valence-electron chi connectivity index (χ2n) is 12.5. The van der Waals surface area contributed by atoms with E-state index in [1.807, 2.05) is 18.2 Å². The summed E-state index contributed by atoms with van der Waals surface area (Å²) in [5.41, 5.74) is 7.15. The van der Waals surface area contributed by atoms with Crippen LogP contribution in [-0.4, -0.2) is 65.4 Å². The Hall–Kier alpha value is -3.82. The van der Waals surface area contributed by atoms with Crippen molar-refractivity contribution in [1.29, 1.82) is 0 Å². The van der Waals surface area contributed by atoms with E-state index < -0.39 is 0 Å². The van der Waals surface area contributed by atoms with Crippen LogP contribution >= 0.6 is 24.8 Å². The molecule has 0 N–H and O–H groups in total. The molecule has 0 saturated carbocycles. The summed E-state index contributed by atoms with van der Waals surface area (Å²) in [6.07, 6.45) is 3.37. The van der Waals surface area contributed by atoms with Gasteiger partial charge in [-0.2, -0.15) is 0 Å². The molecule has 48 heavy (non-hydrogen) atoms. The Balaban J connectivity index is 0.00000225. The van der Waals surface area contributed by atoms with Gasteiger partial charge in [-0.1, -0.05) is 18.2 Å². The highest BCUT2D eigenvalue weighted by atomic mass is 35.5. The smallest absolute Gasteiger partial charge is 0.204 e. The van der Waals surface area contributed by atoms with Crippen LogP contribution in [0.5, 0.6) is 46.0 Å². The molecule has 0 radical (unpaired) electrons. The van der Waals surface area contributed by atoms with Crippen LogP contribution in [-0.2, 0) is 25.7 Å². The quantitative estimate of drug-likeness (QED) is 0.213. The van der Waals surface area contributed by atoms with Crippen molar-refractivity contribution in [3.8, 4) is 46.0 Å². The zero-order chi connectivity index (χ0) is 31.9. The highest BCUT2D eigenvalue weighted by Crippen LogP contribution is 2.52. The third-order valence-corrected chi connectivity index (χ3v) is 9.85. The number of rotatable bonds is 4. The Morgan fingerprint density at radius 1 is 0.604 bits per heavy atom. The zero-order valence-corrected chi connectivity index (χ0v) is 30.0. The fourth-order valence-electron chi connectivity index (χ4n) is 7.28. The number of hydrogen-bond acceptors (Lipinski definition) is 8. The van der Waals surface area contributed by atoms with E-state index in [0.29, 0.717) is 40.2 Å². The molecule has 8 rings (SSSR count). The SMILES string of the molecule is COc1ccc2cc1Oc1ccc(cc1)C[C@H]1c3cc(c(OC)cc3CCN1C)Oc1c(OC)c(OC)cc3c1[C@H](C2)N(C)CC3.Cl.Cl. The Morgan fingerprint density at radius 2 is 1.21 bits per heavy atom. The fourth-order valence-corrected chi connectivity index (χ4v) is 7.28. The minimum Gasteiger partial charge on any atom is -0.493 e. The second kappa shape index (κ2) is 14.7. The Morgan fingerprint density at radius 3 is 1.90 bits per heavy atom. The van der Waals surface area contributed by atoms with Crippen LogP contribution in [0.3, 0.4) is 0 Å². The van der Waals surface area contributed by atoms with Gasteiger partial charge >= 0.3 is 0 Å². The summed E-state index contributed by atoms with van der Waals surface area (Å²) in [5, 5.41) is 0. The van der Waals surface area contributed by atoms with E-state index in [-0.39, 0.29) is 36.9 Å². The molecule has 0 saturated heterocycles. The molecule has 0 unspecified atom stereocenters. The second-order valence-corrected chi connectivity index (χ2v) is 12.5. The van der Waals surface area contributed by atoms with Gasteiger partial charge in [0.25, 0.3) is 0 Å². The number of methoxy groups -OCH3 is 4. The van der Waals surface area contributed by atoms with E-state index in [9.17, 15) is 0 Å². The Kier molecular flexibility index (Phi) is 10.9. The lowest BCUT2D eigenvalue weighted by Gasteiger charge is -2.37. The zero-order valence-electron chi connectivity index (χ0n) is 28.3. The number of benzene rings is 4. The van der Waals surface area contributed by atoms with E-state index in [2.05, 4.69) is 66.4 Å². The normalized spacial score (nSPS) is 18.4. The topological polar surface area (TPSA) is 61.9 Å². The number of ether oxygens (including phenoxy) is 6. The van der Waals surface area contributed by atoms with Crippen LogP contribution in [0.2, 0.25) is 0 Å². The first kappa shape index (κ1) is 35.5. The molecule has 0 amide bonds. The molecule has 8 nitrogen and oxygen atoms in total. The molecule has 6 bridgehead atoms. The number of nitrogens with zero attached hydrogens (tertiary/aromatic N) is 2. The summed E-state index contributed by atoms with van der Waals surface area (Å²) in [6, 6.07) is 21.2. The molecule has 4 aromatic carbocycles. The molecule has 4 heterocycles. The summed E-state index contributed by atoms with van der Waals surface area (Å²) in [6.45, 7) is 1.86. The van der Waals surface area contributed by atoms with Crippen LogP contribution < -0.4 is 28.4 Å². The lowest BCUT2D eigenvalue weighted by atomic mass is 9.87. The van der Waals surface area contributed by atoms with Crippen molar-refractivity contribution >= 4 is 24.8 Å². The average molecular weight is 696 g/mol. The molecule has 0 aromatic heterocycles. The summed E-state index contributed by atoms with van der Waals surface area (Å²) in [5.74, 6) is 5.41. The van der Waals surface area contributed by atoms with Gasteiger partial charge in [0.2, 0.25) is 5.75 Å². The van der Waals surface area contributed by atoms with Crippen molar-refractivity contribution in [1.82, 2.24) is 9.80 Å². The standard InChI is InChI=1S/C38H42N2O6.2ClH/c1-39-15-13-25-20-32(42-4)34-22-28(25)29(39)17-23-7-10-27(11-8-23)45-33-19-24(9-12-31(33)41-3)18-30-36-26(14-16-40(30)2)21-35(43-5)37(44-6)38(36)46-34;;/h7-12,19-22,29-30H,13-18H2,1-6H3;2*1H/t29-,30-;;/m0../s1. The monoisotopic (exact) mass is 694 g/mol. The molecule has 0 aliphatic carbocycles. The van der Waals surface area contributed by atoms with Gasteiger partial charge in [0.15, 0.2) is 34.5 Å². The van der Waals surface area contributed by atoms with Crippen LogP contribution in [0, 0.1) is 0 Å². The summed E-state index contributed by atoms with van der Waals surface area (Å²) in [4.78, 5) is 4.81. The van der Waals surface area contributed by atoms with Crippen LogP contribution in [0.4, 0.5) is 0 Å². The Bertz CT molecular complexity index is 1770. The largest absolute Gasteiger partial charge is 0.493 e. The molecule has 4 aliphatic heterocycles. The highest BCUT2D eigenvalue weighted by Gasteiger charge is 2.34. The maximum Gasteiger partial charge on any atom is 0.204 e. The number of halogens is 2. The van der Waals surface area contributed by atoms with E-state index in [1.54, 1.807) is 28.4 Å². The van der Waals surface area contributed by atoms with Gasteiger partial charge in [-0.3, -0.25) is 9.80 Å². The van der Waals surface area contributed by atoms with Gasteiger partial charge in [-0.05, 0) is 110 Å². The lowest BCUT2D eigenvalue weighted by molar-refractivity contribution is 0.220. The summed E-state index contributed by atoms with van der Waals surface area (Å²) >= 11 is 0. The molecule has 10 heteroatoms. The molecular weight excluding hydrogens is 651 g/mol. The van der Waals surface area contributed by atoms with Gasteiger partial charge in [0.1, 0.15) is 5.75 Å². The predicted molar refractivity (Wildman–Crippen MR) is 192 cm³/mol. The Labute approximate surface area is 295 Å². The van der Waals surface area contributed by atoms with E-state index in [1.165, 1.54) is 22.3 Å². The molecular formula is C38H44Cl2N2O6. The van der Waals surface area contributed by atoms with Crippen molar-refractivity contribution in [2.75, 3.05) is 55.6 Å². The first-order chi connectivity index (χ1) is 22.4. The van der Waals surface area contributed by atoms with Gasteiger partial charge in [0, 0.05) is 30.7 Å². The first-order valence-electron chi connectivity index (χ1n) is 15.9. The molecule has 0 spiro atoms. The van der Waals surface area contributed by atoms with Gasteiger partial charge < -0.3 is 28.4 Å². The van der Waals surface area contributed by atoms with E-state index in [4.69, 9.17) is 28.4 Å². The minimum atomic E-state index is 0. The highest BCUT2D eigenvalue weighted by molar-refractivity contribution is 5.85. The molecule has 0 fully saturated rings. The number of hydrogen-bond donors (Lipinski definition) is 0. The van der Waals surface area contributed by atoms with E-state index >= 15 is 0 Å². The van der Waals surface area contributed by atoms with Gasteiger partial charge in [0.05, 0.1) is 28.4 Å². The molecule has 2 atom stereocenters. The van der Waals surface area contributed by atoms with Crippen molar-refractivity contribution < 1.29 is 28.4 Å². The minimum absolute atomic E-state index is 0. The summed E-state index contributed by atoms with van der Waals surface area (Å²) < 4.78 is 37.1. The summed E-state index contributed by atoms with van der Waals surface area (Å²) in [7, 11) is 11.1. The molecule has 256 valence electrons. The maximum atomic E-state index is 7.03. The number of likely N-dealkylation sites (N-methyl/N-ethyl adjacent to an activating group) is 2. The average Bonchev–Trinajstić information content (AvgIpc) is 3.07. The van der Waals surface area contributed by atoms with Gasteiger partial charge in [-0.25, -0.2) is 0 Å².